The lowest BCUT2D eigenvalue weighted by Gasteiger charge is -2.41. The van der Waals surface area contributed by atoms with E-state index in [0.29, 0.717) is 24.2 Å². The number of rotatable bonds is 3. The topological polar surface area (TPSA) is 62.2 Å². The summed E-state index contributed by atoms with van der Waals surface area (Å²) in [4.78, 5) is 2.23. The van der Waals surface area contributed by atoms with Gasteiger partial charge >= 0.3 is 0 Å². The summed E-state index contributed by atoms with van der Waals surface area (Å²) in [5.41, 5.74) is 4.79. The maximum atomic E-state index is 13.8. The van der Waals surface area contributed by atoms with Gasteiger partial charge < -0.3 is 19.7 Å². The number of halogens is 1. The Labute approximate surface area is 151 Å². The summed E-state index contributed by atoms with van der Waals surface area (Å²) in [6.07, 6.45) is 1.37. The van der Waals surface area contributed by atoms with Crippen molar-refractivity contribution in [2.45, 2.75) is 25.6 Å². The molecule has 0 spiro atoms. The fourth-order valence-corrected chi connectivity index (χ4v) is 4.40. The van der Waals surface area contributed by atoms with E-state index >= 15 is 0 Å². The zero-order valence-electron chi connectivity index (χ0n) is 15.1. The van der Waals surface area contributed by atoms with Gasteiger partial charge in [0.15, 0.2) is 23.0 Å². The van der Waals surface area contributed by atoms with Crippen LogP contribution in [0.3, 0.4) is 0 Å². The number of phenolic OH excluding ortho intramolecular Hbond substituents is 2. The Hall–Kier alpha value is -2.47. The molecule has 5 nitrogen and oxygen atoms in total. The Morgan fingerprint density at radius 1 is 1.23 bits per heavy atom. The molecule has 0 amide bonds. The number of fused-ring (bicyclic) bond motifs is 2. The first-order chi connectivity index (χ1) is 12.5. The number of aromatic hydroxyl groups is 2. The third-order valence-corrected chi connectivity index (χ3v) is 5.69. The minimum Gasteiger partial charge on any atom is -0.504 e. The predicted octanol–water partition coefficient (Wildman–Crippen LogP) is 3.34. The molecule has 138 valence electrons. The van der Waals surface area contributed by atoms with Crippen LogP contribution in [0, 0.1) is 0 Å². The highest BCUT2D eigenvalue weighted by Crippen LogP contribution is 2.55. The van der Waals surface area contributed by atoms with Gasteiger partial charge in [0.05, 0.1) is 14.2 Å². The van der Waals surface area contributed by atoms with Crippen LogP contribution in [-0.2, 0) is 19.5 Å². The van der Waals surface area contributed by atoms with E-state index < -0.39 is 6.67 Å². The molecule has 1 aliphatic heterocycles. The molecule has 0 saturated carbocycles. The molecule has 2 aromatic rings. The van der Waals surface area contributed by atoms with Crippen molar-refractivity contribution in [3.05, 3.63) is 34.4 Å². The van der Waals surface area contributed by atoms with Crippen molar-refractivity contribution < 1.29 is 24.1 Å². The fourth-order valence-electron chi connectivity index (χ4n) is 4.40. The van der Waals surface area contributed by atoms with E-state index in [2.05, 4.69) is 4.90 Å². The summed E-state index contributed by atoms with van der Waals surface area (Å²) in [5.74, 6) is 0.588. The van der Waals surface area contributed by atoms with Gasteiger partial charge in [-0.05, 0) is 54.3 Å². The van der Waals surface area contributed by atoms with E-state index in [-0.39, 0.29) is 23.3 Å². The molecule has 1 unspecified atom stereocenters. The van der Waals surface area contributed by atoms with Crippen LogP contribution >= 0.6 is 0 Å². The third kappa shape index (κ3) is 2.18. The first-order valence-electron chi connectivity index (χ1n) is 8.62. The van der Waals surface area contributed by atoms with Crippen LogP contribution in [0.4, 0.5) is 4.39 Å². The van der Waals surface area contributed by atoms with Crippen LogP contribution in [0.15, 0.2) is 12.1 Å². The van der Waals surface area contributed by atoms with Crippen molar-refractivity contribution in [1.82, 2.24) is 4.90 Å². The molecule has 0 radical (unpaired) electrons. The van der Waals surface area contributed by atoms with Crippen LogP contribution in [0.25, 0.3) is 11.1 Å². The van der Waals surface area contributed by atoms with Gasteiger partial charge in [-0.2, -0.15) is 0 Å². The Kier molecular flexibility index (Phi) is 3.95. The quantitative estimate of drug-likeness (QED) is 0.880. The number of nitrogens with zero attached hydrogens (tertiary/aromatic N) is 1. The standard InChI is InChI=1S/C20H22FNO4/c1-22-5-4-11-13(9-21)19(24)20(26-3)18-12-8-16(25-2)15(23)7-10(12)6-14(22)17(11)18/h7-8,14,23-24H,4-6,9H2,1-3H3. The monoisotopic (exact) mass is 359 g/mol. The van der Waals surface area contributed by atoms with E-state index in [1.54, 1.807) is 12.1 Å². The van der Waals surface area contributed by atoms with Gasteiger partial charge in [0.25, 0.3) is 0 Å². The van der Waals surface area contributed by atoms with Crippen molar-refractivity contribution >= 4 is 0 Å². The normalized spacial score (nSPS) is 18.2. The Morgan fingerprint density at radius 2 is 2.00 bits per heavy atom. The Bertz CT molecular complexity index is 896. The number of phenols is 2. The van der Waals surface area contributed by atoms with Gasteiger partial charge in [0.2, 0.25) is 0 Å². The largest absolute Gasteiger partial charge is 0.504 e. The number of ether oxygens (including phenoxy) is 2. The Morgan fingerprint density at radius 3 is 2.65 bits per heavy atom. The molecule has 26 heavy (non-hydrogen) atoms. The average molecular weight is 359 g/mol. The first-order valence-corrected chi connectivity index (χ1v) is 8.62. The molecule has 0 fully saturated rings. The van der Waals surface area contributed by atoms with Crippen molar-refractivity contribution in [3.63, 3.8) is 0 Å². The summed E-state index contributed by atoms with van der Waals surface area (Å²) in [7, 11) is 5.02. The fraction of sp³-hybridized carbons (Fsp3) is 0.400. The van der Waals surface area contributed by atoms with Crippen molar-refractivity contribution in [1.29, 1.82) is 0 Å². The average Bonchev–Trinajstić information content (AvgIpc) is 2.63. The number of hydrogen-bond donors (Lipinski definition) is 2. The second-order valence-electron chi connectivity index (χ2n) is 6.89. The molecular formula is C20H22FNO4. The zero-order valence-corrected chi connectivity index (χ0v) is 15.1. The second kappa shape index (κ2) is 6.06. The molecule has 1 aliphatic carbocycles. The predicted molar refractivity (Wildman–Crippen MR) is 95.9 cm³/mol. The van der Waals surface area contributed by atoms with E-state index in [4.69, 9.17) is 9.47 Å². The molecule has 0 saturated heterocycles. The number of methoxy groups -OCH3 is 2. The summed E-state index contributed by atoms with van der Waals surface area (Å²) in [5, 5.41) is 20.9. The zero-order chi connectivity index (χ0) is 18.6. The highest BCUT2D eigenvalue weighted by Gasteiger charge is 2.38. The Balaban J connectivity index is 2.12. The van der Waals surface area contributed by atoms with Crippen LogP contribution in [0.2, 0.25) is 0 Å². The minimum atomic E-state index is -0.729. The molecule has 1 atom stereocenters. The van der Waals surface area contributed by atoms with Gasteiger partial charge in [0, 0.05) is 23.7 Å². The third-order valence-electron chi connectivity index (χ3n) is 5.69. The lowest BCUT2D eigenvalue weighted by Crippen LogP contribution is -2.36. The first kappa shape index (κ1) is 17.0. The highest BCUT2D eigenvalue weighted by atomic mass is 19.1. The number of hydrogen-bond acceptors (Lipinski definition) is 5. The van der Waals surface area contributed by atoms with Gasteiger partial charge in [0.1, 0.15) is 6.67 Å². The summed E-state index contributed by atoms with van der Waals surface area (Å²) < 4.78 is 24.5. The molecule has 4 rings (SSSR count). The van der Waals surface area contributed by atoms with Crippen molar-refractivity contribution in [3.8, 4) is 34.1 Å². The van der Waals surface area contributed by atoms with Crippen LogP contribution in [0.5, 0.6) is 23.0 Å². The number of likely N-dealkylation sites (N-methyl/N-ethyl adjacent to an activating group) is 1. The van der Waals surface area contributed by atoms with Crippen molar-refractivity contribution in [2.75, 3.05) is 27.8 Å². The van der Waals surface area contributed by atoms with Gasteiger partial charge in [-0.15, -0.1) is 0 Å². The molecule has 0 aromatic heterocycles. The maximum Gasteiger partial charge on any atom is 0.169 e. The van der Waals surface area contributed by atoms with Crippen LogP contribution < -0.4 is 9.47 Å². The van der Waals surface area contributed by atoms with Crippen LogP contribution in [-0.4, -0.2) is 42.9 Å². The molecule has 2 aliphatic rings. The SMILES string of the molecule is COc1cc2c(cc1O)CC1c3c(c(CF)c(O)c(OC)c3-2)CCN1C. The summed E-state index contributed by atoms with van der Waals surface area (Å²) >= 11 is 0. The van der Waals surface area contributed by atoms with Gasteiger partial charge in [-0.25, -0.2) is 4.39 Å². The minimum absolute atomic E-state index is 0.0499. The lowest BCUT2D eigenvalue weighted by molar-refractivity contribution is 0.225. The summed E-state index contributed by atoms with van der Waals surface area (Å²) in [6.45, 7) is 0.0559. The highest BCUT2D eigenvalue weighted by molar-refractivity contribution is 5.86. The molecule has 1 heterocycles. The van der Waals surface area contributed by atoms with E-state index in [9.17, 15) is 14.6 Å². The molecule has 0 bridgehead atoms. The number of alkyl halides is 1. The molecule has 2 aromatic carbocycles. The smallest absolute Gasteiger partial charge is 0.169 e. The van der Waals surface area contributed by atoms with E-state index in [1.807, 2.05) is 7.05 Å². The van der Waals surface area contributed by atoms with E-state index in [1.165, 1.54) is 14.2 Å². The summed E-state index contributed by atoms with van der Waals surface area (Å²) in [6, 6.07) is 3.52. The van der Waals surface area contributed by atoms with Gasteiger partial charge in [-0.1, -0.05) is 0 Å². The lowest BCUT2D eigenvalue weighted by atomic mass is 9.75. The molecule has 2 N–H and O–H groups in total. The van der Waals surface area contributed by atoms with Crippen molar-refractivity contribution in [2.24, 2.45) is 0 Å². The molecular weight excluding hydrogens is 337 g/mol. The second-order valence-corrected chi connectivity index (χ2v) is 6.89. The van der Waals surface area contributed by atoms with Gasteiger partial charge in [-0.3, -0.25) is 4.90 Å². The van der Waals surface area contributed by atoms with E-state index in [0.717, 1.165) is 34.4 Å². The maximum absolute atomic E-state index is 13.8. The number of benzene rings is 2. The van der Waals surface area contributed by atoms with Crippen LogP contribution in [0.1, 0.15) is 28.3 Å². The molecule has 6 heteroatoms.